The van der Waals surface area contributed by atoms with Gasteiger partial charge in [0, 0.05) is 24.0 Å². The van der Waals surface area contributed by atoms with Crippen LogP contribution in [-0.4, -0.2) is 29.7 Å². The van der Waals surface area contributed by atoms with Crippen LogP contribution in [0.2, 0.25) is 5.28 Å². The molecule has 0 aliphatic carbocycles. The third-order valence-electron chi connectivity index (χ3n) is 5.03. The first-order valence-electron chi connectivity index (χ1n) is 9.48. The number of piperidine rings is 1. The molecule has 0 bridgehead atoms. The molecule has 1 aromatic carbocycles. The summed E-state index contributed by atoms with van der Waals surface area (Å²) in [5.41, 5.74) is 2.31. The van der Waals surface area contributed by atoms with E-state index in [-0.39, 0.29) is 0 Å². The average molecular weight is 402 g/mol. The quantitative estimate of drug-likeness (QED) is 0.510. The van der Waals surface area contributed by atoms with Crippen LogP contribution in [0.3, 0.4) is 0 Å². The number of anilines is 1. The van der Waals surface area contributed by atoms with Crippen LogP contribution in [0, 0.1) is 11.8 Å². The molecule has 2 atom stereocenters. The number of hydrogen-bond acceptors (Lipinski definition) is 5. The molecule has 6 heteroatoms. The lowest BCUT2D eigenvalue weighted by Gasteiger charge is -2.36. The summed E-state index contributed by atoms with van der Waals surface area (Å²) in [6.45, 7) is 9.29. The van der Waals surface area contributed by atoms with E-state index in [4.69, 9.17) is 16.3 Å². The van der Waals surface area contributed by atoms with Crippen molar-refractivity contribution in [3.63, 3.8) is 0 Å². The molecule has 3 aromatic rings. The largest absolute Gasteiger partial charge is 0.494 e. The summed E-state index contributed by atoms with van der Waals surface area (Å²) in [6.07, 6.45) is 1.26. The second kappa shape index (κ2) is 7.64. The van der Waals surface area contributed by atoms with Crippen molar-refractivity contribution >= 4 is 39.0 Å². The van der Waals surface area contributed by atoms with E-state index in [0.29, 0.717) is 23.7 Å². The summed E-state index contributed by atoms with van der Waals surface area (Å²) in [4.78, 5) is 12.5. The lowest BCUT2D eigenvalue weighted by molar-refractivity contribution is 0.340. The first kappa shape index (κ1) is 18.5. The number of benzene rings is 1. The highest BCUT2D eigenvalue weighted by atomic mass is 35.5. The average Bonchev–Trinajstić information content (AvgIpc) is 3.05. The number of halogens is 1. The zero-order chi connectivity index (χ0) is 19.0. The Morgan fingerprint density at radius 1 is 1.15 bits per heavy atom. The Hall–Kier alpha value is -1.85. The van der Waals surface area contributed by atoms with Crippen LogP contribution in [0.25, 0.3) is 21.3 Å². The Kier molecular flexibility index (Phi) is 5.24. The summed E-state index contributed by atoms with van der Waals surface area (Å²) in [5, 5.41) is 3.59. The SMILES string of the molecule is CCOc1ccc(-c2csc3nc(Cl)nc(N4CC(C)CC(C)C4)c23)cc1. The van der Waals surface area contributed by atoms with E-state index >= 15 is 0 Å². The molecule has 27 heavy (non-hydrogen) atoms. The zero-order valence-electron chi connectivity index (χ0n) is 15.9. The van der Waals surface area contributed by atoms with Crippen molar-refractivity contribution in [2.75, 3.05) is 24.6 Å². The van der Waals surface area contributed by atoms with Gasteiger partial charge in [0.25, 0.3) is 0 Å². The molecule has 0 saturated carbocycles. The first-order chi connectivity index (χ1) is 13.0. The van der Waals surface area contributed by atoms with Gasteiger partial charge in [0.2, 0.25) is 5.28 Å². The van der Waals surface area contributed by atoms with Gasteiger partial charge in [0.05, 0.1) is 12.0 Å². The summed E-state index contributed by atoms with van der Waals surface area (Å²) >= 11 is 7.89. The van der Waals surface area contributed by atoms with Crippen LogP contribution in [-0.2, 0) is 0 Å². The van der Waals surface area contributed by atoms with Crippen LogP contribution >= 0.6 is 22.9 Å². The Bertz CT molecular complexity index is 930. The van der Waals surface area contributed by atoms with Crippen molar-refractivity contribution in [3.05, 3.63) is 34.9 Å². The van der Waals surface area contributed by atoms with Crippen LogP contribution in [0.1, 0.15) is 27.2 Å². The molecule has 0 spiro atoms. The Morgan fingerprint density at radius 2 is 1.85 bits per heavy atom. The van der Waals surface area contributed by atoms with Gasteiger partial charge in [-0.05, 0) is 54.5 Å². The minimum Gasteiger partial charge on any atom is -0.494 e. The predicted molar refractivity (Wildman–Crippen MR) is 114 cm³/mol. The van der Waals surface area contributed by atoms with Gasteiger partial charge in [-0.15, -0.1) is 11.3 Å². The van der Waals surface area contributed by atoms with E-state index in [9.17, 15) is 0 Å². The smallest absolute Gasteiger partial charge is 0.225 e. The lowest BCUT2D eigenvalue weighted by Crippen LogP contribution is -2.39. The van der Waals surface area contributed by atoms with Crippen molar-refractivity contribution in [2.24, 2.45) is 11.8 Å². The molecular formula is C21H24ClN3OS. The van der Waals surface area contributed by atoms with Gasteiger partial charge in [-0.25, -0.2) is 4.98 Å². The molecule has 0 radical (unpaired) electrons. The molecule has 1 saturated heterocycles. The Labute approximate surface area is 169 Å². The minimum absolute atomic E-state index is 0.323. The van der Waals surface area contributed by atoms with Crippen molar-refractivity contribution in [1.29, 1.82) is 0 Å². The number of ether oxygens (including phenoxy) is 1. The summed E-state index contributed by atoms with van der Waals surface area (Å²) in [6, 6.07) is 8.24. The molecule has 4 nitrogen and oxygen atoms in total. The Balaban J connectivity index is 1.81. The fourth-order valence-electron chi connectivity index (χ4n) is 4.07. The second-order valence-corrected chi connectivity index (χ2v) is 8.65. The van der Waals surface area contributed by atoms with E-state index in [1.807, 2.05) is 19.1 Å². The molecule has 2 unspecified atom stereocenters. The van der Waals surface area contributed by atoms with Gasteiger partial charge in [0.15, 0.2) is 0 Å². The molecule has 0 N–H and O–H groups in total. The van der Waals surface area contributed by atoms with Crippen LogP contribution in [0.15, 0.2) is 29.6 Å². The molecule has 1 fully saturated rings. The highest BCUT2D eigenvalue weighted by Crippen LogP contribution is 2.40. The highest BCUT2D eigenvalue weighted by Gasteiger charge is 2.26. The van der Waals surface area contributed by atoms with E-state index in [1.165, 1.54) is 6.42 Å². The maximum Gasteiger partial charge on any atom is 0.225 e. The van der Waals surface area contributed by atoms with E-state index in [2.05, 4.69) is 46.2 Å². The molecule has 4 rings (SSSR count). The van der Waals surface area contributed by atoms with E-state index < -0.39 is 0 Å². The summed E-state index contributed by atoms with van der Waals surface area (Å²) < 4.78 is 5.58. The minimum atomic E-state index is 0.323. The van der Waals surface area contributed by atoms with Gasteiger partial charge in [0.1, 0.15) is 16.4 Å². The monoisotopic (exact) mass is 401 g/mol. The number of rotatable bonds is 4. The van der Waals surface area contributed by atoms with Gasteiger partial charge in [-0.2, -0.15) is 4.98 Å². The van der Waals surface area contributed by atoms with Gasteiger partial charge in [-0.3, -0.25) is 0 Å². The lowest BCUT2D eigenvalue weighted by atomic mass is 9.91. The topological polar surface area (TPSA) is 38.3 Å². The van der Waals surface area contributed by atoms with Gasteiger partial charge < -0.3 is 9.64 Å². The fourth-order valence-corrected chi connectivity index (χ4v) is 5.23. The van der Waals surface area contributed by atoms with Crippen LogP contribution < -0.4 is 9.64 Å². The number of fused-ring (bicyclic) bond motifs is 1. The molecule has 2 aromatic heterocycles. The molecule has 1 aliphatic heterocycles. The summed E-state index contributed by atoms with van der Waals surface area (Å²) in [7, 11) is 0. The van der Waals surface area contributed by atoms with Crippen LogP contribution in [0.5, 0.6) is 5.75 Å². The first-order valence-corrected chi connectivity index (χ1v) is 10.7. The second-order valence-electron chi connectivity index (χ2n) is 7.45. The zero-order valence-corrected chi connectivity index (χ0v) is 17.5. The highest BCUT2D eigenvalue weighted by molar-refractivity contribution is 7.17. The van der Waals surface area contributed by atoms with Crippen molar-refractivity contribution in [3.8, 4) is 16.9 Å². The van der Waals surface area contributed by atoms with Crippen molar-refractivity contribution in [2.45, 2.75) is 27.2 Å². The summed E-state index contributed by atoms with van der Waals surface area (Å²) in [5.74, 6) is 3.14. The normalized spacial score (nSPS) is 20.2. The van der Waals surface area contributed by atoms with Crippen molar-refractivity contribution in [1.82, 2.24) is 9.97 Å². The third kappa shape index (κ3) is 3.76. The van der Waals surface area contributed by atoms with E-state index in [1.54, 1.807) is 11.3 Å². The molecular weight excluding hydrogens is 378 g/mol. The van der Waals surface area contributed by atoms with Gasteiger partial charge >= 0.3 is 0 Å². The Morgan fingerprint density at radius 3 is 2.52 bits per heavy atom. The third-order valence-corrected chi connectivity index (χ3v) is 6.07. The molecule has 1 aliphatic rings. The van der Waals surface area contributed by atoms with Crippen LogP contribution in [0.4, 0.5) is 5.82 Å². The number of nitrogens with zero attached hydrogens (tertiary/aromatic N) is 3. The maximum absolute atomic E-state index is 6.27. The van der Waals surface area contributed by atoms with E-state index in [0.717, 1.165) is 46.0 Å². The molecule has 142 valence electrons. The molecule has 3 heterocycles. The number of hydrogen-bond donors (Lipinski definition) is 0. The molecule has 0 amide bonds. The fraction of sp³-hybridized carbons (Fsp3) is 0.429. The number of aromatic nitrogens is 2. The van der Waals surface area contributed by atoms with Crippen molar-refractivity contribution < 1.29 is 4.74 Å². The maximum atomic E-state index is 6.27. The van der Waals surface area contributed by atoms with Gasteiger partial charge in [-0.1, -0.05) is 26.0 Å². The number of thiophene rings is 1. The standard InChI is InChI=1S/C21H24ClN3OS/c1-4-26-16-7-5-15(6-8-16)17-12-27-20-18(17)19(23-21(22)24-20)25-10-13(2)9-14(3)11-25/h5-8,12-14H,4,9-11H2,1-3H3. The predicted octanol–water partition coefficient (Wildman–Crippen LogP) is 5.89.